The molecule has 1 aromatic carbocycles. The molecule has 3 rings (SSSR count). The Hall–Kier alpha value is -1.72. The van der Waals surface area contributed by atoms with E-state index in [-0.39, 0.29) is 12.4 Å². The molecule has 1 N–H and O–H groups in total. The highest BCUT2D eigenvalue weighted by molar-refractivity contribution is 6.33. The van der Waals surface area contributed by atoms with Crippen LogP contribution < -0.4 is 14.8 Å². The molecule has 118 valence electrons. The summed E-state index contributed by atoms with van der Waals surface area (Å²) in [6, 6.07) is 5.97. The van der Waals surface area contributed by atoms with E-state index >= 15 is 0 Å². The molecular formula is C15H17Cl2N3O2. The highest BCUT2D eigenvalue weighted by Gasteiger charge is 2.13. The summed E-state index contributed by atoms with van der Waals surface area (Å²) >= 11 is 6.24. The highest BCUT2D eigenvalue weighted by Crippen LogP contribution is 2.32. The van der Waals surface area contributed by atoms with Crippen molar-refractivity contribution in [1.82, 2.24) is 9.97 Å². The smallest absolute Gasteiger partial charge is 0.231 e. The maximum absolute atomic E-state index is 6.24. The topological polar surface area (TPSA) is 56.3 Å². The van der Waals surface area contributed by atoms with Crippen molar-refractivity contribution in [2.45, 2.75) is 19.8 Å². The van der Waals surface area contributed by atoms with Gasteiger partial charge in [0.25, 0.3) is 0 Å². The van der Waals surface area contributed by atoms with Gasteiger partial charge in [0.2, 0.25) is 6.79 Å². The van der Waals surface area contributed by atoms with E-state index in [1.807, 2.05) is 25.1 Å². The summed E-state index contributed by atoms with van der Waals surface area (Å²) in [4.78, 5) is 8.33. The first kappa shape index (κ1) is 16.6. The van der Waals surface area contributed by atoms with Crippen LogP contribution in [0.3, 0.4) is 0 Å². The molecule has 0 radical (unpaired) electrons. The van der Waals surface area contributed by atoms with Crippen LogP contribution in [-0.2, 0) is 12.8 Å². The van der Waals surface area contributed by atoms with E-state index in [4.69, 9.17) is 21.1 Å². The van der Waals surface area contributed by atoms with Crippen LogP contribution >= 0.6 is 24.0 Å². The normalized spacial score (nSPS) is 11.9. The van der Waals surface area contributed by atoms with Crippen LogP contribution in [0.5, 0.6) is 11.5 Å². The Bertz CT molecular complexity index is 653. The molecule has 22 heavy (non-hydrogen) atoms. The van der Waals surface area contributed by atoms with Gasteiger partial charge in [0, 0.05) is 6.54 Å². The zero-order valence-electron chi connectivity index (χ0n) is 12.1. The number of nitrogens with zero attached hydrogens (tertiary/aromatic N) is 2. The number of fused-ring (bicyclic) bond motifs is 1. The fraction of sp³-hybridized carbons (Fsp3) is 0.333. The van der Waals surface area contributed by atoms with Crippen molar-refractivity contribution in [2.24, 2.45) is 0 Å². The lowest BCUT2D eigenvalue weighted by molar-refractivity contribution is 0.174. The number of ether oxygens (including phenoxy) is 2. The van der Waals surface area contributed by atoms with Crippen LogP contribution in [0.15, 0.2) is 24.5 Å². The SMILES string of the molecule is CCc1ncnc(NCCc2ccc3c(c2)OCO3)c1Cl.Cl. The third kappa shape index (κ3) is 3.54. The van der Waals surface area contributed by atoms with Gasteiger partial charge in [0.15, 0.2) is 11.5 Å². The molecule has 2 aromatic rings. The molecule has 1 aliphatic rings. The molecule has 7 heteroatoms. The Morgan fingerprint density at radius 1 is 1.23 bits per heavy atom. The van der Waals surface area contributed by atoms with Crippen molar-refractivity contribution in [3.05, 3.63) is 40.8 Å². The number of benzene rings is 1. The van der Waals surface area contributed by atoms with Gasteiger partial charge in [-0.2, -0.15) is 0 Å². The minimum atomic E-state index is 0. The van der Waals surface area contributed by atoms with E-state index in [9.17, 15) is 0 Å². The van der Waals surface area contributed by atoms with Crippen LogP contribution in [0.2, 0.25) is 5.02 Å². The summed E-state index contributed by atoms with van der Waals surface area (Å²) in [6.45, 7) is 3.05. The number of aromatic nitrogens is 2. The average molecular weight is 342 g/mol. The lowest BCUT2D eigenvalue weighted by Gasteiger charge is -2.09. The molecule has 0 spiro atoms. The Morgan fingerprint density at radius 3 is 2.86 bits per heavy atom. The maximum Gasteiger partial charge on any atom is 0.231 e. The predicted molar refractivity (Wildman–Crippen MR) is 88.4 cm³/mol. The van der Waals surface area contributed by atoms with Gasteiger partial charge in [-0.15, -0.1) is 12.4 Å². The highest BCUT2D eigenvalue weighted by atomic mass is 35.5. The van der Waals surface area contributed by atoms with Gasteiger partial charge in [0.1, 0.15) is 17.2 Å². The molecule has 5 nitrogen and oxygen atoms in total. The first-order valence-corrected chi connectivity index (χ1v) is 7.27. The van der Waals surface area contributed by atoms with Gasteiger partial charge in [-0.3, -0.25) is 0 Å². The van der Waals surface area contributed by atoms with Crippen LogP contribution in [0, 0.1) is 0 Å². The molecule has 1 aliphatic heterocycles. The van der Waals surface area contributed by atoms with Crippen molar-refractivity contribution in [2.75, 3.05) is 18.7 Å². The zero-order valence-corrected chi connectivity index (χ0v) is 13.7. The standard InChI is InChI=1S/C15H16ClN3O2.ClH/c1-2-11-14(16)15(19-8-18-11)17-6-5-10-3-4-12-13(7-10)21-9-20-12;/h3-4,7-8H,2,5-6,9H2,1H3,(H,17,18,19);1H. The molecular weight excluding hydrogens is 325 g/mol. The monoisotopic (exact) mass is 341 g/mol. The number of hydrogen-bond acceptors (Lipinski definition) is 5. The van der Waals surface area contributed by atoms with E-state index in [0.29, 0.717) is 17.6 Å². The summed E-state index contributed by atoms with van der Waals surface area (Å²) < 4.78 is 10.7. The minimum absolute atomic E-state index is 0. The third-order valence-corrected chi connectivity index (χ3v) is 3.74. The number of nitrogens with one attached hydrogen (secondary N) is 1. The number of rotatable bonds is 5. The van der Waals surface area contributed by atoms with Gasteiger partial charge >= 0.3 is 0 Å². The molecule has 2 heterocycles. The first-order valence-electron chi connectivity index (χ1n) is 6.89. The molecule has 0 atom stereocenters. The lowest BCUT2D eigenvalue weighted by atomic mass is 10.1. The van der Waals surface area contributed by atoms with Crippen LogP contribution in [0.4, 0.5) is 5.82 Å². The van der Waals surface area contributed by atoms with Crippen LogP contribution in [-0.4, -0.2) is 23.3 Å². The van der Waals surface area contributed by atoms with Gasteiger partial charge in [-0.05, 0) is 30.5 Å². The second-order valence-electron chi connectivity index (χ2n) is 4.70. The largest absolute Gasteiger partial charge is 0.454 e. The lowest BCUT2D eigenvalue weighted by Crippen LogP contribution is -2.08. The van der Waals surface area contributed by atoms with Gasteiger partial charge < -0.3 is 14.8 Å². The molecule has 0 bridgehead atoms. The number of hydrogen-bond donors (Lipinski definition) is 1. The summed E-state index contributed by atoms with van der Waals surface area (Å²) in [5, 5.41) is 3.85. The van der Waals surface area contributed by atoms with Crippen molar-refractivity contribution in [3.63, 3.8) is 0 Å². The minimum Gasteiger partial charge on any atom is -0.454 e. The first-order chi connectivity index (χ1) is 10.3. The van der Waals surface area contributed by atoms with Crippen LogP contribution in [0.25, 0.3) is 0 Å². The Balaban J connectivity index is 0.00000176. The van der Waals surface area contributed by atoms with Crippen molar-refractivity contribution >= 4 is 29.8 Å². The molecule has 1 aromatic heterocycles. The average Bonchev–Trinajstić information content (AvgIpc) is 2.96. The van der Waals surface area contributed by atoms with E-state index in [1.54, 1.807) is 0 Å². The van der Waals surface area contributed by atoms with Crippen molar-refractivity contribution in [1.29, 1.82) is 0 Å². The van der Waals surface area contributed by atoms with Crippen LogP contribution in [0.1, 0.15) is 18.2 Å². The summed E-state index contributed by atoms with van der Waals surface area (Å²) in [6.07, 6.45) is 3.17. The number of halogens is 2. The van der Waals surface area contributed by atoms with Gasteiger partial charge in [-0.25, -0.2) is 9.97 Å². The quantitative estimate of drug-likeness (QED) is 0.901. The van der Waals surface area contributed by atoms with E-state index in [2.05, 4.69) is 15.3 Å². The molecule has 0 aliphatic carbocycles. The fourth-order valence-electron chi connectivity index (χ4n) is 2.20. The summed E-state index contributed by atoms with van der Waals surface area (Å²) in [7, 11) is 0. The second-order valence-corrected chi connectivity index (χ2v) is 5.08. The van der Waals surface area contributed by atoms with E-state index < -0.39 is 0 Å². The molecule has 0 saturated heterocycles. The summed E-state index contributed by atoms with van der Waals surface area (Å²) in [5.74, 6) is 2.29. The van der Waals surface area contributed by atoms with Crippen molar-refractivity contribution in [3.8, 4) is 11.5 Å². The Morgan fingerprint density at radius 2 is 2.05 bits per heavy atom. The fourth-order valence-corrected chi connectivity index (χ4v) is 2.50. The van der Waals surface area contributed by atoms with Crippen molar-refractivity contribution < 1.29 is 9.47 Å². The van der Waals surface area contributed by atoms with E-state index in [1.165, 1.54) is 11.9 Å². The second kappa shape index (κ2) is 7.51. The molecule has 0 fully saturated rings. The number of anilines is 1. The number of aryl methyl sites for hydroxylation is 1. The predicted octanol–water partition coefficient (Wildman–Crippen LogP) is 3.50. The van der Waals surface area contributed by atoms with Gasteiger partial charge in [-0.1, -0.05) is 24.6 Å². The Labute approximate surface area is 140 Å². The maximum atomic E-state index is 6.24. The Kier molecular flexibility index (Phi) is 5.69. The molecule has 0 unspecified atom stereocenters. The summed E-state index contributed by atoms with van der Waals surface area (Å²) in [5.41, 5.74) is 2.03. The molecule has 0 amide bonds. The zero-order chi connectivity index (χ0) is 14.7. The van der Waals surface area contributed by atoms with Gasteiger partial charge in [0.05, 0.1) is 5.69 Å². The third-order valence-electron chi connectivity index (χ3n) is 3.34. The van der Waals surface area contributed by atoms with E-state index in [0.717, 1.165) is 36.6 Å². The molecule has 0 saturated carbocycles.